The summed E-state index contributed by atoms with van der Waals surface area (Å²) in [6.45, 7) is 2.99. The van der Waals surface area contributed by atoms with Crippen LogP contribution >= 0.6 is 11.6 Å². The highest BCUT2D eigenvalue weighted by molar-refractivity contribution is 6.31. The molecule has 7 heteroatoms. The molecule has 120 valence electrons. The summed E-state index contributed by atoms with van der Waals surface area (Å²) in [5.74, 6) is -0.927. The first-order chi connectivity index (χ1) is 10.5. The molecule has 2 rings (SSSR count). The number of hydrogen-bond donors (Lipinski definition) is 1. The van der Waals surface area contributed by atoms with Crippen LogP contribution in [0.15, 0.2) is 18.2 Å². The Morgan fingerprint density at radius 3 is 2.95 bits per heavy atom. The lowest BCUT2D eigenvalue weighted by molar-refractivity contribution is -0.154. The molecule has 0 saturated carbocycles. The molecule has 0 unspecified atom stereocenters. The van der Waals surface area contributed by atoms with Crippen LogP contribution in [-0.2, 0) is 9.53 Å². The van der Waals surface area contributed by atoms with Gasteiger partial charge in [-0.15, -0.1) is 0 Å². The summed E-state index contributed by atoms with van der Waals surface area (Å²) >= 11 is 5.97. The summed E-state index contributed by atoms with van der Waals surface area (Å²) in [6, 6.07) is 4.85. The van der Waals surface area contributed by atoms with Crippen molar-refractivity contribution < 1.29 is 24.2 Å². The number of carboxylic acids is 1. The van der Waals surface area contributed by atoms with Crippen LogP contribution < -0.4 is 4.74 Å². The van der Waals surface area contributed by atoms with Crippen LogP contribution in [0.5, 0.6) is 5.75 Å². The van der Waals surface area contributed by atoms with Crippen molar-refractivity contribution in [3.8, 4) is 5.75 Å². The Labute approximate surface area is 133 Å². The Morgan fingerprint density at radius 2 is 2.27 bits per heavy atom. The zero-order valence-electron chi connectivity index (χ0n) is 12.3. The van der Waals surface area contributed by atoms with Crippen LogP contribution in [-0.4, -0.2) is 54.3 Å². The predicted molar refractivity (Wildman–Crippen MR) is 80.5 cm³/mol. The van der Waals surface area contributed by atoms with Gasteiger partial charge in [-0.2, -0.15) is 0 Å². The van der Waals surface area contributed by atoms with E-state index in [1.54, 1.807) is 18.2 Å². The maximum Gasteiger partial charge on any atom is 0.334 e. The van der Waals surface area contributed by atoms with Crippen molar-refractivity contribution in [2.45, 2.75) is 19.4 Å². The lowest BCUT2D eigenvalue weighted by Crippen LogP contribution is -2.48. The van der Waals surface area contributed by atoms with E-state index in [1.165, 1.54) is 4.90 Å². The highest BCUT2D eigenvalue weighted by Crippen LogP contribution is 2.25. The van der Waals surface area contributed by atoms with Crippen molar-refractivity contribution in [2.75, 3.05) is 26.3 Å². The number of rotatable bonds is 5. The molecule has 0 bridgehead atoms. The smallest absolute Gasteiger partial charge is 0.334 e. The largest absolute Gasteiger partial charge is 0.493 e. The molecule has 1 amide bonds. The van der Waals surface area contributed by atoms with Gasteiger partial charge in [0, 0.05) is 11.6 Å². The number of carbonyl (C=O) groups is 2. The van der Waals surface area contributed by atoms with Crippen molar-refractivity contribution in [3.05, 3.63) is 28.8 Å². The number of morpholine rings is 1. The van der Waals surface area contributed by atoms with Crippen molar-refractivity contribution in [3.63, 3.8) is 0 Å². The van der Waals surface area contributed by atoms with Crippen LogP contribution in [0.3, 0.4) is 0 Å². The first kappa shape index (κ1) is 16.6. The molecule has 22 heavy (non-hydrogen) atoms. The lowest BCUT2D eigenvalue weighted by atomic mass is 10.1. The van der Waals surface area contributed by atoms with Crippen LogP contribution in [0.2, 0.25) is 5.02 Å². The first-order valence-corrected chi connectivity index (χ1v) is 7.46. The van der Waals surface area contributed by atoms with Gasteiger partial charge >= 0.3 is 5.97 Å². The summed E-state index contributed by atoms with van der Waals surface area (Å²) in [4.78, 5) is 25.1. The van der Waals surface area contributed by atoms with E-state index in [4.69, 9.17) is 26.2 Å². The third-order valence-corrected chi connectivity index (χ3v) is 3.50. The average Bonchev–Trinajstić information content (AvgIpc) is 2.53. The van der Waals surface area contributed by atoms with Gasteiger partial charge in [-0.05, 0) is 24.6 Å². The molecule has 6 nitrogen and oxygen atoms in total. The minimum absolute atomic E-state index is 0.00784. The van der Waals surface area contributed by atoms with Gasteiger partial charge in [0.15, 0.2) is 6.10 Å². The van der Waals surface area contributed by atoms with E-state index in [1.807, 2.05) is 6.92 Å². The number of benzene rings is 1. The zero-order chi connectivity index (χ0) is 16.1. The first-order valence-electron chi connectivity index (χ1n) is 7.09. The van der Waals surface area contributed by atoms with Gasteiger partial charge in [-0.1, -0.05) is 18.5 Å². The van der Waals surface area contributed by atoms with E-state index in [-0.39, 0.29) is 19.1 Å². The number of hydrogen-bond acceptors (Lipinski definition) is 4. The van der Waals surface area contributed by atoms with E-state index in [2.05, 4.69) is 0 Å². The Morgan fingerprint density at radius 1 is 1.50 bits per heavy atom. The number of carbonyl (C=O) groups excluding carboxylic acids is 1. The monoisotopic (exact) mass is 327 g/mol. The van der Waals surface area contributed by atoms with Crippen LogP contribution in [0.25, 0.3) is 0 Å². The van der Waals surface area contributed by atoms with Gasteiger partial charge in [0.1, 0.15) is 5.75 Å². The van der Waals surface area contributed by atoms with Gasteiger partial charge in [0.25, 0.3) is 5.91 Å². The second kappa shape index (κ2) is 7.47. The maximum absolute atomic E-state index is 12.6. The second-order valence-electron chi connectivity index (χ2n) is 4.94. The molecular formula is C15H18ClNO5. The van der Waals surface area contributed by atoms with Gasteiger partial charge in [-0.25, -0.2) is 4.79 Å². The van der Waals surface area contributed by atoms with E-state index in [0.29, 0.717) is 29.5 Å². The fraction of sp³-hybridized carbons (Fsp3) is 0.467. The van der Waals surface area contributed by atoms with E-state index >= 15 is 0 Å². The summed E-state index contributed by atoms with van der Waals surface area (Å²) in [7, 11) is 0. The van der Waals surface area contributed by atoms with E-state index in [0.717, 1.165) is 6.42 Å². The third-order valence-electron chi connectivity index (χ3n) is 3.26. The SMILES string of the molecule is CCCOc1ccc(Cl)cc1C(=O)N1CCO[C@@H](C(=O)O)C1. The van der Waals surface area contributed by atoms with Crippen molar-refractivity contribution in [1.29, 1.82) is 0 Å². The molecule has 1 aliphatic rings. The average molecular weight is 328 g/mol. The molecular weight excluding hydrogens is 310 g/mol. The molecule has 0 spiro atoms. The van der Waals surface area contributed by atoms with Crippen molar-refractivity contribution in [1.82, 2.24) is 4.90 Å². The molecule has 1 heterocycles. The Bertz CT molecular complexity index is 563. The normalized spacial score (nSPS) is 18.1. The topological polar surface area (TPSA) is 76.1 Å². The fourth-order valence-corrected chi connectivity index (χ4v) is 2.33. The van der Waals surface area contributed by atoms with Gasteiger partial charge in [0.05, 0.1) is 25.3 Å². The van der Waals surface area contributed by atoms with Gasteiger partial charge < -0.3 is 19.5 Å². The third kappa shape index (κ3) is 3.90. The minimum atomic E-state index is -1.08. The molecule has 1 aromatic carbocycles. The predicted octanol–water partition coefficient (Wildman–Crippen LogP) is 2.05. The molecule has 0 aliphatic carbocycles. The number of nitrogens with zero attached hydrogens (tertiary/aromatic N) is 1. The fourth-order valence-electron chi connectivity index (χ4n) is 2.16. The lowest BCUT2D eigenvalue weighted by Gasteiger charge is -2.31. The Hall–Kier alpha value is -1.79. The van der Waals surface area contributed by atoms with Crippen molar-refractivity contribution in [2.24, 2.45) is 0 Å². The molecule has 0 radical (unpaired) electrons. The van der Waals surface area contributed by atoms with Crippen LogP contribution in [0, 0.1) is 0 Å². The highest BCUT2D eigenvalue weighted by atomic mass is 35.5. The summed E-state index contributed by atoms with van der Waals surface area (Å²) in [5.41, 5.74) is 0.340. The maximum atomic E-state index is 12.6. The molecule has 1 saturated heterocycles. The van der Waals surface area contributed by atoms with Gasteiger partial charge in [0.2, 0.25) is 0 Å². The molecule has 1 aliphatic heterocycles. The Balaban J connectivity index is 2.20. The molecule has 1 atom stereocenters. The van der Waals surface area contributed by atoms with Crippen molar-refractivity contribution >= 4 is 23.5 Å². The van der Waals surface area contributed by atoms with E-state index < -0.39 is 12.1 Å². The van der Waals surface area contributed by atoms with Gasteiger partial charge in [-0.3, -0.25) is 4.79 Å². The molecule has 0 aromatic heterocycles. The minimum Gasteiger partial charge on any atom is -0.493 e. The van der Waals surface area contributed by atoms with E-state index in [9.17, 15) is 9.59 Å². The summed E-state index contributed by atoms with van der Waals surface area (Å²) < 4.78 is 10.7. The number of halogens is 1. The van der Waals surface area contributed by atoms with Crippen LogP contribution in [0.1, 0.15) is 23.7 Å². The summed E-state index contributed by atoms with van der Waals surface area (Å²) in [5, 5.41) is 9.44. The molecule has 1 N–H and O–H groups in total. The highest BCUT2D eigenvalue weighted by Gasteiger charge is 2.30. The summed E-state index contributed by atoms with van der Waals surface area (Å²) in [6.07, 6.45) is -0.188. The quantitative estimate of drug-likeness (QED) is 0.895. The number of carboxylic acid groups (broad SMARTS) is 1. The second-order valence-corrected chi connectivity index (χ2v) is 5.37. The zero-order valence-corrected chi connectivity index (χ0v) is 13.0. The molecule has 1 aromatic rings. The molecule has 1 fully saturated rings. The number of ether oxygens (including phenoxy) is 2. The number of aliphatic carboxylic acids is 1. The standard InChI is InChI=1S/C15H18ClNO5/c1-2-6-21-12-4-3-10(16)8-11(12)14(18)17-5-7-22-13(9-17)15(19)20/h3-4,8,13H,2,5-7,9H2,1H3,(H,19,20)/t13-/m1/s1. The van der Waals surface area contributed by atoms with Crippen LogP contribution in [0.4, 0.5) is 0 Å². The Kier molecular flexibility index (Phi) is 5.63. The number of amides is 1.